The Kier molecular flexibility index (Phi) is 5.61. The Morgan fingerprint density at radius 1 is 1.48 bits per heavy atom. The van der Waals surface area contributed by atoms with E-state index < -0.39 is 22.9 Å². The van der Waals surface area contributed by atoms with E-state index in [0.29, 0.717) is 0 Å². The Labute approximate surface area is 119 Å². The van der Waals surface area contributed by atoms with Crippen LogP contribution in [0.4, 0.5) is 5.69 Å². The second-order valence-corrected chi connectivity index (χ2v) is 4.01. The number of aliphatic hydroxyl groups is 1. The molecular formula is C12H14N2O7. The first kappa shape index (κ1) is 16.4. The van der Waals surface area contributed by atoms with Crippen LogP contribution in [0.5, 0.6) is 5.75 Å². The molecule has 0 aromatic heterocycles. The second kappa shape index (κ2) is 7.20. The number of nitro groups is 1. The summed E-state index contributed by atoms with van der Waals surface area (Å²) in [6.07, 6.45) is -1.77. The van der Waals surface area contributed by atoms with Gasteiger partial charge in [0.25, 0.3) is 5.91 Å². The number of hydrogen-bond donors (Lipinski definition) is 3. The normalized spacial score (nSPS) is 11.5. The summed E-state index contributed by atoms with van der Waals surface area (Å²) in [4.78, 5) is 32.5. The summed E-state index contributed by atoms with van der Waals surface area (Å²) in [6, 6.07) is 3.88. The first-order valence-electron chi connectivity index (χ1n) is 5.89. The lowest BCUT2D eigenvalue weighted by Crippen LogP contribution is -2.30. The van der Waals surface area contributed by atoms with Crippen molar-refractivity contribution in [3.8, 4) is 5.75 Å². The van der Waals surface area contributed by atoms with Crippen molar-refractivity contribution in [1.29, 1.82) is 0 Å². The molecule has 0 spiro atoms. The van der Waals surface area contributed by atoms with Crippen LogP contribution in [0.2, 0.25) is 0 Å². The third-order valence-electron chi connectivity index (χ3n) is 2.63. The summed E-state index contributed by atoms with van der Waals surface area (Å²) in [5.41, 5.74) is -0.396. The highest BCUT2D eigenvalue weighted by atomic mass is 16.6. The van der Waals surface area contributed by atoms with E-state index in [-0.39, 0.29) is 30.0 Å². The molecule has 0 fully saturated rings. The van der Waals surface area contributed by atoms with E-state index in [1.807, 2.05) is 0 Å². The van der Waals surface area contributed by atoms with Crippen molar-refractivity contribution in [2.24, 2.45) is 0 Å². The van der Waals surface area contributed by atoms with Gasteiger partial charge >= 0.3 is 11.7 Å². The van der Waals surface area contributed by atoms with Crippen LogP contribution < -0.4 is 10.1 Å². The molecule has 0 saturated heterocycles. The standard InChI is InChI=1S/C12H14N2O7/c1-21-10-7(3-2-4-8(10)14(19)20)11(16)13-6-5-9(15)12(17)18/h2-4,9,15H,5-6H2,1H3,(H,13,16)(H,17,18). The molecule has 1 aromatic rings. The number of nitrogens with zero attached hydrogens (tertiary/aromatic N) is 1. The fourth-order valence-corrected chi connectivity index (χ4v) is 1.60. The lowest BCUT2D eigenvalue weighted by Gasteiger charge is -2.10. The molecule has 114 valence electrons. The van der Waals surface area contributed by atoms with Crippen molar-refractivity contribution in [3.05, 3.63) is 33.9 Å². The van der Waals surface area contributed by atoms with Gasteiger partial charge in [0.2, 0.25) is 5.75 Å². The topological polar surface area (TPSA) is 139 Å². The maximum atomic E-state index is 11.9. The molecule has 0 aliphatic rings. The molecule has 3 N–H and O–H groups in total. The molecule has 0 saturated carbocycles. The van der Waals surface area contributed by atoms with E-state index in [9.17, 15) is 19.7 Å². The minimum Gasteiger partial charge on any atom is -0.490 e. The number of ether oxygens (including phenoxy) is 1. The van der Waals surface area contributed by atoms with E-state index in [2.05, 4.69) is 5.32 Å². The fraction of sp³-hybridized carbons (Fsp3) is 0.333. The zero-order chi connectivity index (χ0) is 16.0. The first-order valence-corrected chi connectivity index (χ1v) is 5.89. The van der Waals surface area contributed by atoms with Gasteiger partial charge in [0, 0.05) is 19.0 Å². The number of carboxylic acid groups (broad SMARTS) is 1. The monoisotopic (exact) mass is 298 g/mol. The Morgan fingerprint density at radius 2 is 2.14 bits per heavy atom. The predicted molar refractivity (Wildman–Crippen MR) is 70.2 cm³/mol. The van der Waals surface area contributed by atoms with Crippen LogP contribution in [0.3, 0.4) is 0 Å². The number of nitro benzene ring substituents is 1. The number of nitrogens with one attached hydrogen (secondary N) is 1. The Hall–Kier alpha value is -2.68. The number of rotatable bonds is 7. The molecule has 1 atom stereocenters. The van der Waals surface area contributed by atoms with Crippen molar-refractivity contribution in [1.82, 2.24) is 5.32 Å². The van der Waals surface area contributed by atoms with Crippen molar-refractivity contribution in [3.63, 3.8) is 0 Å². The van der Waals surface area contributed by atoms with Gasteiger partial charge in [0.15, 0.2) is 6.10 Å². The van der Waals surface area contributed by atoms with E-state index in [0.717, 1.165) is 0 Å². The number of amides is 1. The van der Waals surface area contributed by atoms with Crippen LogP contribution >= 0.6 is 0 Å². The Bertz CT molecular complexity index is 559. The van der Waals surface area contributed by atoms with Gasteiger partial charge in [-0.2, -0.15) is 0 Å². The van der Waals surface area contributed by atoms with Crippen molar-refractivity contribution >= 4 is 17.6 Å². The van der Waals surface area contributed by atoms with Crippen LogP contribution in [0.1, 0.15) is 16.8 Å². The summed E-state index contributed by atoms with van der Waals surface area (Å²) >= 11 is 0. The summed E-state index contributed by atoms with van der Waals surface area (Å²) < 4.78 is 4.88. The third kappa shape index (κ3) is 4.14. The maximum absolute atomic E-state index is 11.9. The number of carbonyl (C=O) groups excluding carboxylic acids is 1. The quantitative estimate of drug-likeness (QED) is 0.481. The molecule has 0 bridgehead atoms. The molecule has 1 unspecified atom stereocenters. The third-order valence-corrected chi connectivity index (χ3v) is 2.63. The van der Waals surface area contributed by atoms with Crippen molar-refractivity contribution < 1.29 is 29.5 Å². The number of carboxylic acids is 1. The van der Waals surface area contributed by atoms with Crippen LogP contribution in [0, 0.1) is 10.1 Å². The molecular weight excluding hydrogens is 284 g/mol. The number of hydrogen-bond acceptors (Lipinski definition) is 6. The highest BCUT2D eigenvalue weighted by Gasteiger charge is 2.22. The second-order valence-electron chi connectivity index (χ2n) is 4.01. The molecule has 21 heavy (non-hydrogen) atoms. The average molecular weight is 298 g/mol. The molecule has 1 rings (SSSR count). The number of aliphatic hydroxyl groups excluding tert-OH is 1. The summed E-state index contributed by atoms with van der Waals surface area (Å²) in [5, 5.41) is 30.7. The number of carbonyl (C=O) groups is 2. The lowest BCUT2D eigenvalue weighted by molar-refractivity contribution is -0.385. The average Bonchev–Trinajstić information content (AvgIpc) is 2.45. The molecule has 0 radical (unpaired) electrons. The van der Waals surface area contributed by atoms with E-state index in [4.69, 9.17) is 14.9 Å². The van der Waals surface area contributed by atoms with Gasteiger partial charge < -0.3 is 20.3 Å². The van der Waals surface area contributed by atoms with E-state index in [1.165, 1.54) is 25.3 Å². The van der Waals surface area contributed by atoms with Gasteiger partial charge in [-0.15, -0.1) is 0 Å². The minimum absolute atomic E-state index is 0.0449. The van der Waals surface area contributed by atoms with Gasteiger partial charge in [-0.05, 0) is 6.07 Å². The van der Waals surface area contributed by atoms with Crippen LogP contribution in [0.25, 0.3) is 0 Å². The number of aliphatic carboxylic acids is 1. The molecule has 1 amide bonds. The highest BCUT2D eigenvalue weighted by Crippen LogP contribution is 2.30. The van der Waals surface area contributed by atoms with Gasteiger partial charge in [-0.3, -0.25) is 14.9 Å². The zero-order valence-corrected chi connectivity index (χ0v) is 11.1. The van der Waals surface area contributed by atoms with E-state index in [1.54, 1.807) is 0 Å². The lowest BCUT2D eigenvalue weighted by atomic mass is 10.1. The fourth-order valence-electron chi connectivity index (χ4n) is 1.60. The van der Waals surface area contributed by atoms with Crippen molar-refractivity contribution in [2.45, 2.75) is 12.5 Å². The van der Waals surface area contributed by atoms with Crippen LogP contribution in [0.15, 0.2) is 18.2 Å². The van der Waals surface area contributed by atoms with Crippen LogP contribution in [-0.2, 0) is 4.79 Å². The first-order chi connectivity index (χ1) is 9.88. The SMILES string of the molecule is COc1c(C(=O)NCCC(O)C(=O)O)cccc1[N+](=O)[O-]. The minimum atomic E-state index is -1.59. The Morgan fingerprint density at radius 3 is 2.67 bits per heavy atom. The van der Waals surface area contributed by atoms with Crippen LogP contribution in [-0.4, -0.2) is 46.8 Å². The molecule has 9 nitrogen and oxygen atoms in total. The van der Waals surface area contributed by atoms with Crippen molar-refractivity contribution in [2.75, 3.05) is 13.7 Å². The summed E-state index contributed by atoms with van der Waals surface area (Å²) in [7, 11) is 1.20. The van der Waals surface area contributed by atoms with E-state index >= 15 is 0 Å². The molecule has 9 heteroatoms. The predicted octanol–water partition coefficient (Wildman–Crippen LogP) is 0.169. The zero-order valence-electron chi connectivity index (χ0n) is 11.1. The smallest absolute Gasteiger partial charge is 0.332 e. The molecule has 0 aliphatic carbocycles. The summed E-state index contributed by atoms with van der Waals surface area (Å²) in [5.74, 6) is -2.23. The molecule has 0 heterocycles. The summed E-state index contributed by atoms with van der Waals surface area (Å²) in [6.45, 7) is -0.0991. The maximum Gasteiger partial charge on any atom is 0.332 e. The largest absolute Gasteiger partial charge is 0.490 e. The highest BCUT2D eigenvalue weighted by molar-refractivity contribution is 5.98. The number of benzene rings is 1. The number of methoxy groups -OCH3 is 1. The van der Waals surface area contributed by atoms with Gasteiger partial charge in [0.1, 0.15) is 0 Å². The van der Waals surface area contributed by atoms with Gasteiger partial charge in [-0.25, -0.2) is 4.79 Å². The van der Waals surface area contributed by atoms with Gasteiger partial charge in [-0.1, -0.05) is 6.07 Å². The Balaban J connectivity index is 2.81. The number of para-hydroxylation sites is 1. The van der Waals surface area contributed by atoms with Gasteiger partial charge in [0.05, 0.1) is 17.6 Å². The molecule has 1 aromatic carbocycles. The molecule has 0 aliphatic heterocycles.